The molecule has 0 saturated heterocycles. The van der Waals surface area contributed by atoms with E-state index in [0.717, 1.165) is 0 Å². The fourth-order valence-electron chi connectivity index (χ4n) is 4.60. The molecular formula is C28H29ClF3N8O5P. The molecule has 4 aliphatic heterocycles. The fourth-order valence-corrected chi connectivity index (χ4v) is 6.57. The number of alkyl halides is 3. The van der Waals surface area contributed by atoms with Gasteiger partial charge >= 0.3 is 13.8 Å². The number of amides is 1. The van der Waals surface area contributed by atoms with Crippen molar-refractivity contribution in [2.75, 3.05) is 38.0 Å². The topological polar surface area (TPSA) is 154 Å². The first-order valence-electron chi connectivity index (χ1n) is 13.9. The van der Waals surface area contributed by atoms with Crippen molar-refractivity contribution in [2.24, 2.45) is 0 Å². The molecule has 0 spiro atoms. The smallest absolute Gasteiger partial charge is 0.421 e. The summed E-state index contributed by atoms with van der Waals surface area (Å²) >= 11 is 6.61. The van der Waals surface area contributed by atoms with E-state index in [4.69, 9.17) is 25.4 Å². The third kappa shape index (κ3) is 7.25. The second-order valence-electron chi connectivity index (χ2n) is 9.86. The van der Waals surface area contributed by atoms with Gasteiger partial charge in [-0.25, -0.2) is 9.97 Å². The van der Waals surface area contributed by atoms with E-state index in [1.54, 1.807) is 25.1 Å². The van der Waals surface area contributed by atoms with Crippen molar-refractivity contribution in [1.29, 1.82) is 0 Å². The van der Waals surface area contributed by atoms with Gasteiger partial charge in [0.1, 0.15) is 22.3 Å². The van der Waals surface area contributed by atoms with Gasteiger partial charge in [0.2, 0.25) is 5.95 Å². The molecule has 46 heavy (non-hydrogen) atoms. The molecule has 8 bridgehead atoms. The molecule has 3 aromatic heterocycles. The number of anilines is 4. The molecule has 8 rings (SSSR count). The Morgan fingerprint density at radius 2 is 1.96 bits per heavy atom. The first-order valence-corrected chi connectivity index (χ1v) is 16.0. The van der Waals surface area contributed by atoms with E-state index in [2.05, 4.69) is 36.0 Å². The number of benzene rings is 1. The number of hydrogen-bond acceptors (Lipinski definition) is 11. The van der Waals surface area contributed by atoms with Gasteiger partial charge in [-0.05, 0) is 43.2 Å². The Hall–Kier alpha value is -4.24. The van der Waals surface area contributed by atoms with Gasteiger partial charge in [0.05, 0.1) is 55.3 Å². The van der Waals surface area contributed by atoms with Crippen LogP contribution in [0.3, 0.4) is 0 Å². The molecule has 0 fully saturated rings. The van der Waals surface area contributed by atoms with E-state index in [0.29, 0.717) is 29.4 Å². The molecule has 4 aliphatic rings. The summed E-state index contributed by atoms with van der Waals surface area (Å²) in [5.41, 5.74) is 0.0507. The number of nitrogens with zero attached hydrogens (tertiary/aromatic N) is 5. The second kappa shape index (κ2) is 13.6. The highest BCUT2D eigenvalue weighted by molar-refractivity contribution is 7.53. The lowest BCUT2D eigenvalue weighted by Crippen LogP contribution is -2.21. The zero-order valence-electron chi connectivity index (χ0n) is 24.8. The maximum absolute atomic E-state index is 14.1. The number of pyridine rings is 1. The SMILES string of the molecule is CCOP1(=O)Cc2ccc(c(OC)c2)Nc2ncc(C(F)(F)F)c(n2)Nc2ccc(nc2C(=O)NC)-c2cnn(c2Cl)CCCO1. The van der Waals surface area contributed by atoms with Crippen molar-refractivity contribution in [2.45, 2.75) is 32.2 Å². The van der Waals surface area contributed by atoms with Gasteiger partial charge in [0.25, 0.3) is 5.91 Å². The van der Waals surface area contributed by atoms with Crippen molar-refractivity contribution < 1.29 is 36.3 Å². The molecule has 1 amide bonds. The number of ether oxygens (including phenoxy) is 1. The van der Waals surface area contributed by atoms with Crippen LogP contribution < -0.4 is 20.7 Å². The van der Waals surface area contributed by atoms with E-state index in [-0.39, 0.29) is 59.8 Å². The van der Waals surface area contributed by atoms with E-state index < -0.39 is 31.1 Å². The van der Waals surface area contributed by atoms with Crippen LogP contribution in [0.1, 0.15) is 35.0 Å². The van der Waals surface area contributed by atoms with Gasteiger partial charge in [-0.3, -0.25) is 14.0 Å². The van der Waals surface area contributed by atoms with Crippen molar-refractivity contribution in [3.8, 4) is 17.0 Å². The summed E-state index contributed by atoms with van der Waals surface area (Å²) in [6.45, 7) is 2.21. The first kappa shape index (κ1) is 33.1. The van der Waals surface area contributed by atoms with Gasteiger partial charge < -0.3 is 29.7 Å². The van der Waals surface area contributed by atoms with Crippen molar-refractivity contribution in [1.82, 2.24) is 30.0 Å². The van der Waals surface area contributed by atoms with Crippen LogP contribution in [0.2, 0.25) is 5.15 Å². The quantitative estimate of drug-likeness (QED) is 0.205. The summed E-state index contributed by atoms with van der Waals surface area (Å²) in [6.07, 6.45) is -2.46. The van der Waals surface area contributed by atoms with Crippen LogP contribution in [0.5, 0.6) is 5.75 Å². The average molecular weight is 681 g/mol. The number of rotatable bonds is 4. The monoisotopic (exact) mass is 680 g/mol. The summed E-state index contributed by atoms with van der Waals surface area (Å²) in [6, 6.07) is 7.69. The Morgan fingerprint density at radius 1 is 1.17 bits per heavy atom. The molecule has 244 valence electrons. The highest BCUT2D eigenvalue weighted by Gasteiger charge is 2.36. The van der Waals surface area contributed by atoms with Crippen molar-refractivity contribution in [3.63, 3.8) is 0 Å². The molecule has 0 aliphatic carbocycles. The standard InChI is InChI=1S/C28H29ClF3N8O5P/c1-4-44-46(42)15-16-6-7-20(22(12-16)43-3)38-27-34-14-18(28(30,31)32)25(39-27)37-21-9-8-19(36-23(21)26(41)33-2)17-13-35-40(24(17)29)10-5-11-45-46/h6-9,12-14H,4-5,10-11,15H2,1-3H3,(H,33,41)(H2,34,37,38,39). The summed E-state index contributed by atoms with van der Waals surface area (Å²) in [5.74, 6) is -1.25. The number of methoxy groups -OCH3 is 1. The van der Waals surface area contributed by atoms with Crippen LogP contribution in [0, 0.1) is 0 Å². The van der Waals surface area contributed by atoms with Crippen LogP contribution in [-0.4, -0.2) is 58.0 Å². The highest BCUT2D eigenvalue weighted by atomic mass is 35.5. The molecule has 1 unspecified atom stereocenters. The van der Waals surface area contributed by atoms with Gasteiger partial charge in [-0.1, -0.05) is 17.7 Å². The van der Waals surface area contributed by atoms with Crippen LogP contribution in [0.15, 0.2) is 42.7 Å². The lowest BCUT2D eigenvalue weighted by Gasteiger charge is -2.19. The van der Waals surface area contributed by atoms with Crippen molar-refractivity contribution in [3.05, 3.63) is 64.7 Å². The lowest BCUT2D eigenvalue weighted by molar-refractivity contribution is -0.137. The predicted molar refractivity (Wildman–Crippen MR) is 164 cm³/mol. The number of carbonyl (C=O) groups excluding carboxylic acids is 1. The summed E-state index contributed by atoms with van der Waals surface area (Å²) in [5, 5.41) is 12.4. The summed E-state index contributed by atoms with van der Waals surface area (Å²) < 4.78 is 74.0. The fraction of sp³-hybridized carbons (Fsp3) is 0.321. The molecule has 3 N–H and O–H groups in total. The van der Waals surface area contributed by atoms with E-state index in [9.17, 15) is 22.5 Å². The Labute approximate surface area is 266 Å². The number of halogens is 4. The zero-order valence-corrected chi connectivity index (χ0v) is 26.5. The number of carbonyl (C=O) groups is 1. The third-order valence-corrected chi connectivity index (χ3v) is 9.13. The molecule has 18 heteroatoms. The molecule has 13 nitrogen and oxygen atoms in total. The van der Waals surface area contributed by atoms with Crippen LogP contribution in [-0.2, 0) is 32.5 Å². The predicted octanol–water partition coefficient (Wildman–Crippen LogP) is 6.41. The molecule has 1 atom stereocenters. The average Bonchev–Trinajstić information content (AvgIpc) is 3.38. The lowest BCUT2D eigenvalue weighted by atomic mass is 10.1. The molecule has 4 aromatic rings. The molecule has 1 aromatic carbocycles. The zero-order chi connectivity index (χ0) is 33.1. The maximum atomic E-state index is 14.1. The Balaban J connectivity index is 1.64. The third-order valence-electron chi connectivity index (χ3n) is 6.75. The largest absolute Gasteiger partial charge is 0.495 e. The van der Waals surface area contributed by atoms with Crippen molar-refractivity contribution >= 4 is 48.2 Å². The van der Waals surface area contributed by atoms with E-state index in [1.165, 1.54) is 37.2 Å². The van der Waals surface area contributed by atoms with Gasteiger partial charge in [-0.2, -0.15) is 23.3 Å². The minimum Gasteiger partial charge on any atom is -0.495 e. The van der Waals surface area contributed by atoms with E-state index in [1.807, 2.05) is 0 Å². The highest BCUT2D eigenvalue weighted by Crippen LogP contribution is 2.52. The minimum atomic E-state index is -4.84. The molecule has 0 saturated carbocycles. The Morgan fingerprint density at radius 3 is 2.67 bits per heavy atom. The van der Waals surface area contributed by atoms with Crippen LogP contribution in [0.25, 0.3) is 11.3 Å². The summed E-state index contributed by atoms with van der Waals surface area (Å²) in [4.78, 5) is 25.2. The van der Waals surface area contributed by atoms with Gasteiger partial charge in [-0.15, -0.1) is 0 Å². The number of aromatic nitrogens is 5. The Kier molecular flexibility index (Phi) is 9.82. The minimum absolute atomic E-state index is 0.0540. The first-order chi connectivity index (χ1) is 21.9. The Bertz CT molecular complexity index is 1810. The van der Waals surface area contributed by atoms with Crippen LogP contribution in [0.4, 0.5) is 36.3 Å². The van der Waals surface area contributed by atoms with Gasteiger partial charge in [0.15, 0.2) is 5.69 Å². The second-order valence-corrected chi connectivity index (χ2v) is 12.3. The molecular weight excluding hydrogens is 652 g/mol. The van der Waals surface area contributed by atoms with Gasteiger partial charge in [0, 0.05) is 19.8 Å². The number of aryl methyl sites for hydroxylation is 1. The number of hydrogen-bond donors (Lipinski definition) is 3. The molecule has 7 heterocycles. The maximum Gasteiger partial charge on any atom is 0.421 e. The normalized spacial score (nSPS) is 16.9. The summed E-state index contributed by atoms with van der Waals surface area (Å²) in [7, 11) is -0.835. The van der Waals surface area contributed by atoms with E-state index >= 15 is 0 Å². The molecule has 0 radical (unpaired) electrons. The van der Waals surface area contributed by atoms with Crippen LogP contribution >= 0.6 is 19.2 Å². The number of nitrogens with one attached hydrogen (secondary N) is 3.